The summed E-state index contributed by atoms with van der Waals surface area (Å²) in [5.41, 5.74) is 0.826. The minimum atomic E-state index is -0.399. The highest BCUT2D eigenvalue weighted by Crippen LogP contribution is 2.13. The number of rotatable bonds is 6. The first kappa shape index (κ1) is 13.9. The summed E-state index contributed by atoms with van der Waals surface area (Å²) in [6.45, 7) is -0.156. The second-order valence-electron chi connectivity index (χ2n) is 4.29. The van der Waals surface area contributed by atoms with Gasteiger partial charge in [0.15, 0.2) is 5.78 Å². The topological polar surface area (TPSA) is 43.4 Å². The van der Waals surface area contributed by atoms with E-state index in [1.807, 2.05) is 0 Å². The molecule has 0 saturated heterocycles. The van der Waals surface area contributed by atoms with Crippen molar-refractivity contribution < 1.29 is 18.7 Å². The van der Waals surface area contributed by atoms with Gasteiger partial charge in [0.25, 0.3) is 0 Å². The average molecular weight is 272 g/mol. The van der Waals surface area contributed by atoms with Crippen LogP contribution in [0.3, 0.4) is 0 Å². The van der Waals surface area contributed by atoms with Gasteiger partial charge in [-0.1, -0.05) is 30.3 Å². The quantitative estimate of drug-likeness (QED) is 0.759. The summed E-state index contributed by atoms with van der Waals surface area (Å²) in [5, 5.41) is 0. The van der Waals surface area contributed by atoms with Crippen LogP contribution in [0.5, 0.6) is 5.75 Å². The molecular formula is C16H13FO3. The van der Waals surface area contributed by atoms with Crippen molar-refractivity contribution in [3.05, 3.63) is 65.5 Å². The molecule has 0 unspecified atom stereocenters. The maximum Gasteiger partial charge on any atom is 0.174 e. The van der Waals surface area contributed by atoms with E-state index in [0.29, 0.717) is 23.2 Å². The summed E-state index contributed by atoms with van der Waals surface area (Å²) in [6.07, 6.45) is 0.689. The van der Waals surface area contributed by atoms with E-state index < -0.39 is 5.82 Å². The Balaban J connectivity index is 1.92. The maximum absolute atomic E-state index is 13.4. The summed E-state index contributed by atoms with van der Waals surface area (Å²) in [7, 11) is 0. The Kier molecular flexibility index (Phi) is 4.60. The molecule has 0 amide bonds. The van der Waals surface area contributed by atoms with Crippen LogP contribution < -0.4 is 4.74 Å². The van der Waals surface area contributed by atoms with Crippen LogP contribution in [0, 0.1) is 5.82 Å². The summed E-state index contributed by atoms with van der Waals surface area (Å²) in [6, 6.07) is 12.6. The molecule has 0 aliphatic rings. The summed E-state index contributed by atoms with van der Waals surface area (Å²) < 4.78 is 18.7. The van der Waals surface area contributed by atoms with E-state index in [1.54, 1.807) is 42.5 Å². The molecule has 0 atom stereocenters. The lowest BCUT2D eigenvalue weighted by atomic mass is 10.1. The van der Waals surface area contributed by atoms with E-state index in [4.69, 9.17) is 4.74 Å². The van der Waals surface area contributed by atoms with Crippen LogP contribution in [0.1, 0.15) is 15.9 Å². The highest BCUT2D eigenvalue weighted by molar-refractivity contribution is 5.82. The minimum absolute atomic E-state index is 0.0138. The molecule has 102 valence electrons. The number of aldehydes is 1. The fourth-order valence-corrected chi connectivity index (χ4v) is 1.75. The van der Waals surface area contributed by atoms with Crippen LogP contribution in [0.15, 0.2) is 48.5 Å². The van der Waals surface area contributed by atoms with Crippen LogP contribution >= 0.6 is 0 Å². The molecular weight excluding hydrogens is 259 g/mol. The lowest BCUT2D eigenvalue weighted by molar-refractivity contribution is -0.120. The second-order valence-corrected chi connectivity index (χ2v) is 4.29. The van der Waals surface area contributed by atoms with Gasteiger partial charge >= 0.3 is 0 Å². The molecule has 0 aliphatic carbocycles. The number of hydrogen-bond acceptors (Lipinski definition) is 3. The number of ether oxygens (including phenoxy) is 1. The number of carbonyl (C=O) groups excluding carboxylic acids is 2. The molecule has 4 heteroatoms. The van der Waals surface area contributed by atoms with Crippen molar-refractivity contribution in [3.63, 3.8) is 0 Å². The van der Waals surface area contributed by atoms with E-state index in [0.717, 1.165) is 0 Å². The van der Waals surface area contributed by atoms with Gasteiger partial charge in [-0.05, 0) is 23.8 Å². The molecule has 0 fully saturated rings. The summed E-state index contributed by atoms with van der Waals surface area (Å²) >= 11 is 0. The first-order valence-electron chi connectivity index (χ1n) is 6.12. The highest BCUT2D eigenvalue weighted by atomic mass is 19.1. The predicted octanol–water partition coefficient (Wildman–Crippen LogP) is 2.83. The number of benzene rings is 2. The second kappa shape index (κ2) is 6.61. The molecule has 0 aliphatic heterocycles. The van der Waals surface area contributed by atoms with Gasteiger partial charge in [0, 0.05) is 12.0 Å². The average Bonchev–Trinajstić information content (AvgIpc) is 2.48. The lowest BCUT2D eigenvalue weighted by Gasteiger charge is -2.06. The molecule has 2 aromatic carbocycles. The fraction of sp³-hybridized carbons (Fsp3) is 0.125. The molecule has 0 N–H and O–H groups in total. The molecule has 0 saturated carbocycles. The highest BCUT2D eigenvalue weighted by Gasteiger charge is 2.08. The van der Waals surface area contributed by atoms with Crippen molar-refractivity contribution in [2.45, 2.75) is 6.42 Å². The van der Waals surface area contributed by atoms with Gasteiger partial charge in [0.05, 0.1) is 0 Å². The fourth-order valence-electron chi connectivity index (χ4n) is 1.75. The smallest absolute Gasteiger partial charge is 0.174 e. The Hall–Kier alpha value is -2.49. The Morgan fingerprint density at radius 1 is 1.15 bits per heavy atom. The van der Waals surface area contributed by atoms with Crippen molar-refractivity contribution in [3.8, 4) is 5.75 Å². The van der Waals surface area contributed by atoms with Gasteiger partial charge < -0.3 is 4.74 Å². The first-order valence-corrected chi connectivity index (χ1v) is 6.12. The normalized spacial score (nSPS) is 10.1. The summed E-state index contributed by atoms with van der Waals surface area (Å²) in [5.74, 6) is -0.188. The van der Waals surface area contributed by atoms with Crippen molar-refractivity contribution >= 4 is 12.1 Å². The molecule has 3 nitrogen and oxygen atoms in total. The zero-order valence-electron chi connectivity index (χ0n) is 10.7. The van der Waals surface area contributed by atoms with Gasteiger partial charge in [-0.2, -0.15) is 0 Å². The third kappa shape index (κ3) is 3.75. The molecule has 2 aromatic rings. The zero-order valence-corrected chi connectivity index (χ0v) is 10.7. The molecule has 20 heavy (non-hydrogen) atoms. The van der Waals surface area contributed by atoms with Crippen molar-refractivity contribution in [2.24, 2.45) is 0 Å². The van der Waals surface area contributed by atoms with E-state index >= 15 is 0 Å². The van der Waals surface area contributed by atoms with E-state index in [-0.39, 0.29) is 18.8 Å². The third-order valence-corrected chi connectivity index (χ3v) is 2.74. The van der Waals surface area contributed by atoms with Crippen LogP contribution in [0.25, 0.3) is 0 Å². The Morgan fingerprint density at radius 3 is 2.70 bits per heavy atom. The Labute approximate surface area is 116 Å². The molecule has 0 aromatic heterocycles. The van der Waals surface area contributed by atoms with Crippen LogP contribution in [0.2, 0.25) is 0 Å². The largest absolute Gasteiger partial charge is 0.486 e. The third-order valence-electron chi connectivity index (χ3n) is 2.74. The molecule has 2 rings (SSSR count). The van der Waals surface area contributed by atoms with Crippen LogP contribution in [-0.2, 0) is 11.2 Å². The molecule has 0 radical (unpaired) electrons. The predicted molar refractivity (Wildman–Crippen MR) is 72.4 cm³/mol. The number of hydrogen-bond donors (Lipinski definition) is 0. The van der Waals surface area contributed by atoms with Crippen molar-refractivity contribution in [2.75, 3.05) is 6.61 Å². The standard InChI is InChI=1S/C16H13FO3/c17-16-7-2-1-5-13(16)9-14(19)11-20-15-6-3-4-12(8-15)10-18/h1-8,10H,9,11H2. The van der Waals surface area contributed by atoms with E-state index in [1.165, 1.54) is 6.07 Å². The van der Waals surface area contributed by atoms with Crippen LogP contribution in [-0.4, -0.2) is 18.7 Å². The monoisotopic (exact) mass is 272 g/mol. The number of ketones is 1. The van der Waals surface area contributed by atoms with Crippen LogP contribution in [0.4, 0.5) is 4.39 Å². The molecule has 0 spiro atoms. The zero-order chi connectivity index (χ0) is 14.4. The number of carbonyl (C=O) groups is 2. The Morgan fingerprint density at radius 2 is 1.95 bits per heavy atom. The minimum Gasteiger partial charge on any atom is -0.486 e. The SMILES string of the molecule is O=Cc1cccc(OCC(=O)Cc2ccccc2F)c1. The first-order chi connectivity index (χ1) is 9.69. The molecule has 0 heterocycles. The van der Waals surface area contributed by atoms with Gasteiger partial charge in [0.1, 0.15) is 24.5 Å². The summed E-state index contributed by atoms with van der Waals surface area (Å²) in [4.78, 5) is 22.3. The van der Waals surface area contributed by atoms with Gasteiger partial charge in [-0.25, -0.2) is 4.39 Å². The number of halogens is 1. The van der Waals surface area contributed by atoms with Gasteiger partial charge in [-0.15, -0.1) is 0 Å². The van der Waals surface area contributed by atoms with E-state index in [2.05, 4.69) is 0 Å². The van der Waals surface area contributed by atoms with E-state index in [9.17, 15) is 14.0 Å². The lowest BCUT2D eigenvalue weighted by Crippen LogP contribution is -2.14. The maximum atomic E-state index is 13.4. The number of Topliss-reactive ketones (excluding diaryl/α,β-unsaturated/α-hetero) is 1. The van der Waals surface area contributed by atoms with Crippen molar-refractivity contribution in [1.29, 1.82) is 0 Å². The molecule has 0 bridgehead atoms. The van der Waals surface area contributed by atoms with Crippen molar-refractivity contribution in [1.82, 2.24) is 0 Å². The van der Waals surface area contributed by atoms with Gasteiger partial charge in [0.2, 0.25) is 0 Å². The van der Waals surface area contributed by atoms with Gasteiger partial charge in [-0.3, -0.25) is 9.59 Å². The Bertz CT molecular complexity index is 623.